The molecule has 0 N–H and O–H groups in total. The standard InChI is InChI=1S/C102H104N2O4/c1-5-9-13-17-21-25-29-35-63(36-30-26-22-18-14-10-6-2)103-99(105)85-59-55-74-70-42-34-40-68-66(44-46-72(90(68)70)76-56-60-86(100(103)106)97(85)95(74)76)65-43-45-71-75-48-50-78-80-52-54-82-84-58-62-88-98-87(101(107)104(102(88)108)64(37-31-27-23-19-15-11-7-3)38-32-28-24-20-16-12-8-4)61-57-83(96(84)98)81-53-51-79(93(80)94(81)82)77-49-47-73(91(75)92(77)78)69-41-33-39-67(65)89(69)71/h33-34,39-64H,5-32,35-38H2,1-4H3. The van der Waals surface area contributed by atoms with Crippen LogP contribution in [0.25, 0.3) is 162 Å². The fraction of sp³-hybridized carbons (Fsp3) is 0.373. The minimum atomic E-state index is -0.129. The number of carbonyl (C=O) groups is 4. The lowest BCUT2D eigenvalue weighted by molar-refractivity contribution is 0.0501. The molecule has 2 aliphatic heterocycles. The maximum Gasteiger partial charge on any atom is 0.261 e. The van der Waals surface area contributed by atoms with Gasteiger partial charge in [-0.2, -0.15) is 0 Å². The molecule has 0 unspecified atom stereocenters. The van der Waals surface area contributed by atoms with Crippen molar-refractivity contribution in [1.82, 2.24) is 9.80 Å². The zero-order chi connectivity index (χ0) is 73.3. The second-order valence-electron chi connectivity index (χ2n) is 33.0. The average molecular weight is 1420 g/mol. The van der Waals surface area contributed by atoms with Gasteiger partial charge in [0.05, 0.1) is 0 Å². The molecule has 0 fully saturated rings. The first-order valence-electron chi connectivity index (χ1n) is 42.5. The number of rotatable bonds is 35. The second kappa shape index (κ2) is 29.8. The number of fused-ring (bicyclic) bond motifs is 8. The summed E-state index contributed by atoms with van der Waals surface area (Å²) in [6.07, 6.45) is 37.2. The van der Waals surface area contributed by atoms with Gasteiger partial charge in [-0.15, -0.1) is 0 Å². The van der Waals surface area contributed by atoms with Crippen molar-refractivity contribution in [3.63, 3.8) is 0 Å². The molecule has 108 heavy (non-hydrogen) atoms. The van der Waals surface area contributed by atoms with Crippen LogP contribution in [0.15, 0.2) is 158 Å². The third-order valence-electron chi connectivity index (χ3n) is 26.4. The first kappa shape index (κ1) is 70.2. The lowest BCUT2D eigenvalue weighted by atomic mass is 9.80. The largest absolute Gasteiger partial charge is 0.271 e. The number of hydrogen-bond acceptors (Lipinski definition) is 4. The third kappa shape index (κ3) is 11.5. The van der Waals surface area contributed by atoms with Gasteiger partial charge in [-0.1, -0.05) is 341 Å². The number of carbonyl (C=O) groups excluding carboxylic acids is 4. The van der Waals surface area contributed by atoms with E-state index in [-0.39, 0.29) is 35.7 Å². The first-order chi connectivity index (χ1) is 53.2. The van der Waals surface area contributed by atoms with E-state index in [9.17, 15) is 0 Å². The number of amides is 4. The van der Waals surface area contributed by atoms with E-state index in [1.165, 1.54) is 226 Å². The van der Waals surface area contributed by atoms with Crippen LogP contribution in [-0.2, 0) is 0 Å². The van der Waals surface area contributed by atoms with Crippen molar-refractivity contribution in [1.29, 1.82) is 0 Å². The molecule has 16 aromatic carbocycles. The van der Waals surface area contributed by atoms with E-state index in [1.807, 2.05) is 24.3 Å². The van der Waals surface area contributed by atoms with Crippen LogP contribution in [0.3, 0.4) is 0 Å². The highest BCUT2D eigenvalue weighted by atomic mass is 16.2. The quantitative estimate of drug-likeness (QED) is 0.0172. The van der Waals surface area contributed by atoms with Gasteiger partial charge in [0.1, 0.15) is 0 Å². The summed E-state index contributed by atoms with van der Waals surface area (Å²) in [7, 11) is 0. The summed E-state index contributed by atoms with van der Waals surface area (Å²) in [4.78, 5) is 64.1. The van der Waals surface area contributed by atoms with Crippen LogP contribution in [0.4, 0.5) is 0 Å². The minimum Gasteiger partial charge on any atom is -0.271 e. The Morgan fingerprint density at radius 1 is 0.185 bits per heavy atom. The van der Waals surface area contributed by atoms with E-state index in [0.717, 1.165) is 142 Å². The summed E-state index contributed by atoms with van der Waals surface area (Å²) in [5, 5.41) is 32.4. The lowest BCUT2D eigenvalue weighted by Crippen LogP contribution is -2.47. The molecule has 2 heterocycles. The molecule has 0 bridgehead atoms. The van der Waals surface area contributed by atoms with Gasteiger partial charge < -0.3 is 0 Å². The third-order valence-corrected chi connectivity index (χ3v) is 26.4. The number of nitrogens with zero attached hydrogens (tertiary/aromatic N) is 2. The Bertz CT molecular complexity index is 5880. The molecular weight excluding hydrogens is 1320 g/mol. The van der Waals surface area contributed by atoms with Crippen molar-refractivity contribution in [3.8, 4) is 11.1 Å². The Balaban J connectivity index is 0.691. The monoisotopic (exact) mass is 1420 g/mol. The smallest absolute Gasteiger partial charge is 0.261 e. The van der Waals surface area contributed by atoms with Gasteiger partial charge in [-0.05, 0) is 201 Å². The Morgan fingerprint density at radius 2 is 0.361 bits per heavy atom. The fourth-order valence-electron chi connectivity index (χ4n) is 21.1. The highest BCUT2D eigenvalue weighted by molar-refractivity contribution is 6.48. The Hall–Kier alpha value is -9.52. The van der Waals surface area contributed by atoms with Gasteiger partial charge in [-0.25, -0.2) is 0 Å². The molecule has 0 saturated carbocycles. The van der Waals surface area contributed by atoms with Crippen molar-refractivity contribution in [2.75, 3.05) is 0 Å². The molecule has 0 aromatic heterocycles. The minimum absolute atomic E-state index is 0.108. The number of imide groups is 2. The van der Waals surface area contributed by atoms with Crippen molar-refractivity contribution in [3.05, 3.63) is 180 Å². The topological polar surface area (TPSA) is 74.8 Å². The molecule has 0 spiro atoms. The van der Waals surface area contributed by atoms with E-state index < -0.39 is 0 Å². The molecule has 6 nitrogen and oxygen atoms in total. The van der Waals surface area contributed by atoms with Gasteiger partial charge in [0, 0.05) is 45.1 Å². The summed E-state index contributed by atoms with van der Waals surface area (Å²) < 4.78 is 0. The van der Waals surface area contributed by atoms with Gasteiger partial charge in [0.15, 0.2) is 0 Å². The number of hydrogen-bond donors (Lipinski definition) is 0. The molecule has 4 amide bonds. The molecule has 546 valence electrons. The van der Waals surface area contributed by atoms with Crippen LogP contribution in [0, 0.1) is 0 Å². The van der Waals surface area contributed by atoms with E-state index in [1.54, 1.807) is 9.80 Å². The van der Waals surface area contributed by atoms with Crippen LogP contribution < -0.4 is 0 Å². The predicted octanol–water partition coefficient (Wildman–Crippen LogP) is 29.7. The van der Waals surface area contributed by atoms with E-state index in [0.29, 0.717) is 22.3 Å². The van der Waals surface area contributed by atoms with E-state index in [2.05, 4.69) is 161 Å². The van der Waals surface area contributed by atoms with Gasteiger partial charge in [0.2, 0.25) is 0 Å². The summed E-state index contributed by atoms with van der Waals surface area (Å²) in [6, 6.07) is 58.6. The van der Waals surface area contributed by atoms with Crippen molar-refractivity contribution in [2.45, 2.75) is 245 Å². The zero-order valence-electron chi connectivity index (χ0n) is 64.3. The number of benzene rings is 16. The highest BCUT2D eigenvalue weighted by Gasteiger charge is 2.41. The Labute approximate surface area is 635 Å². The van der Waals surface area contributed by atoms with Crippen LogP contribution in [0.5, 0.6) is 0 Å². The molecule has 0 radical (unpaired) electrons. The maximum absolute atomic E-state index is 15.2. The molecule has 2 aliphatic rings. The van der Waals surface area contributed by atoms with Crippen LogP contribution in [0.2, 0.25) is 0 Å². The average Bonchev–Trinajstić information content (AvgIpc) is 0.689. The summed E-state index contributed by atoms with van der Waals surface area (Å²) in [6.45, 7) is 9.06. The van der Waals surface area contributed by atoms with Crippen molar-refractivity contribution >= 4 is 174 Å². The first-order valence-corrected chi connectivity index (χ1v) is 42.5. The Kier molecular flexibility index (Phi) is 19.4. The molecule has 0 atom stereocenters. The molecule has 0 saturated heterocycles. The second-order valence-corrected chi connectivity index (χ2v) is 33.0. The lowest BCUT2D eigenvalue weighted by Gasteiger charge is -2.35. The summed E-state index contributed by atoms with van der Waals surface area (Å²) >= 11 is 0. The van der Waals surface area contributed by atoms with Gasteiger partial charge >= 0.3 is 0 Å². The summed E-state index contributed by atoms with van der Waals surface area (Å²) in [5.41, 5.74) is 5.00. The van der Waals surface area contributed by atoms with Crippen molar-refractivity contribution < 1.29 is 19.2 Å². The predicted molar refractivity (Wildman–Crippen MR) is 461 cm³/mol. The maximum atomic E-state index is 15.2. The van der Waals surface area contributed by atoms with E-state index in [4.69, 9.17) is 0 Å². The van der Waals surface area contributed by atoms with Crippen LogP contribution in [-0.4, -0.2) is 45.5 Å². The van der Waals surface area contributed by atoms with Gasteiger partial charge in [0.25, 0.3) is 23.6 Å². The molecule has 18 rings (SSSR count). The van der Waals surface area contributed by atoms with E-state index >= 15 is 19.2 Å². The van der Waals surface area contributed by atoms with Crippen LogP contribution >= 0.6 is 0 Å². The highest BCUT2D eigenvalue weighted by Crippen LogP contribution is 2.54. The molecule has 6 heteroatoms. The van der Waals surface area contributed by atoms with Crippen molar-refractivity contribution in [2.24, 2.45) is 0 Å². The Morgan fingerprint density at radius 3 is 0.602 bits per heavy atom. The zero-order valence-corrected chi connectivity index (χ0v) is 64.3. The molecular formula is C102H104N2O4. The van der Waals surface area contributed by atoms with Crippen LogP contribution in [0.1, 0.15) is 275 Å². The fourth-order valence-corrected chi connectivity index (χ4v) is 21.1. The summed E-state index contributed by atoms with van der Waals surface area (Å²) in [5.74, 6) is -0.509. The van der Waals surface area contributed by atoms with Gasteiger partial charge in [-0.3, -0.25) is 29.0 Å². The normalized spacial score (nSPS) is 13.8. The molecule has 0 aliphatic carbocycles. The molecule has 16 aromatic rings. The number of unbranched alkanes of at least 4 members (excludes halogenated alkanes) is 24. The SMILES string of the molecule is CCCCCCCCCC(CCCCCCCCC)N1C(=O)c2ccc3c4cccc5c(-c6ccc7c8ccc9c%10ccc%11c%12ccc%13c%14c(ccc(c%15ccc(c%16ccc(c%17cccc6c%177)c8c%169)c%10c%15%11)c%14%12)C(=O)N(C(CCCCCCCCC)CCCCCCCCC)C%13=O)ccc(c6ccc(c2c36)C1=O)c54.